The van der Waals surface area contributed by atoms with E-state index in [2.05, 4.69) is 20.8 Å². The number of hydrogen-bond acceptors (Lipinski definition) is 3. The molecule has 3 N–H and O–H groups in total. The number of phenols is 2. The van der Waals surface area contributed by atoms with Crippen molar-refractivity contribution in [1.82, 2.24) is 0 Å². The minimum Gasteiger partial charge on any atom is -0.504 e. The molecule has 0 aliphatic carbocycles. The zero-order valence-corrected chi connectivity index (χ0v) is 11.7. The van der Waals surface area contributed by atoms with Crippen LogP contribution in [0.5, 0.6) is 11.5 Å². The quantitative estimate of drug-likeness (QED) is 0.541. The second-order valence-corrected chi connectivity index (χ2v) is 6.15. The maximum atomic E-state index is 10.0. The maximum Gasteiger partial charge on any atom is 0.269 e. The summed E-state index contributed by atoms with van der Waals surface area (Å²) in [5.41, 5.74) is 1.01. The largest absolute Gasteiger partial charge is 0.504 e. The van der Waals surface area contributed by atoms with Crippen LogP contribution in [0.15, 0.2) is 24.3 Å². The lowest BCUT2D eigenvalue weighted by atomic mass is 9.83. The van der Waals surface area contributed by atoms with Crippen LogP contribution in [-0.4, -0.2) is 24.8 Å². The van der Waals surface area contributed by atoms with Crippen molar-refractivity contribution in [3.05, 3.63) is 29.8 Å². The molecule has 2 aromatic carbocycles. The summed E-state index contributed by atoms with van der Waals surface area (Å²) in [6.45, 7) is 6.27. The van der Waals surface area contributed by atoms with Gasteiger partial charge in [0.25, 0.3) is 9.76 Å². The summed E-state index contributed by atoms with van der Waals surface area (Å²) in [5, 5.41) is 21.6. The van der Waals surface area contributed by atoms with Gasteiger partial charge in [-0.25, -0.2) is 0 Å². The highest BCUT2D eigenvalue weighted by molar-refractivity contribution is 6.48. The van der Waals surface area contributed by atoms with Crippen LogP contribution in [0.1, 0.15) is 26.3 Å². The van der Waals surface area contributed by atoms with Gasteiger partial charge in [-0.2, -0.15) is 0 Å². The van der Waals surface area contributed by atoms with Gasteiger partial charge >= 0.3 is 0 Å². The molecule has 3 nitrogen and oxygen atoms in total. The van der Waals surface area contributed by atoms with Crippen LogP contribution in [-0.2, 0) is 5.41 Å². The minimum atomic E-state index is -0.542. The van der Waals surface area contributed by atoms with Crippen LogP contribution in [0.2, 0.25) is 0 Å². The Morgan fingerprint density at radius 1 is 1.00 bits per heavy atom. The van der Waals surface area contributed by atoms with E-state index in [1.807, 2.05) is 12.1 Å². The van der Waals surface area contributed by atoms with E-state index in [0.717, 1.165) is 10.9 Å². The summed E-state index contributed by atoms with van der Waals surface area (Å²) in [6, 6.07) is 7.39. The van der Waals surface area contributed by atoms with Gasteiger partial charge in [0, 0.05) is 10.6 Å². The maximum absolute atomic E-state index is 10.0. The molecule has 0 aliphatic heterocycles. The van der Waals surface area contributed by atoms with Gasteiger partial charge < -0.3 is 15.0 Å². The van der Waals surface area contributed by atoms with Gasteiger partial charge in [0.15, 0.2) is 11.5 Å². The van der Waals surface area contributed by atoms with E-state index in [9.17, 15) is 15.0 Å². The van der Waals surface area contributed by atoms with Crippen LogP contribution in [0.3, 0.4) is 0 Å². The molecule has 0 saturated carbocycles. The highest BCUT2D eigenvalue weighted by Gasteiger charge is 2.20. The average molecular weight is 260 g/mol. The van der Waals surface area contributed by atoms with E-state index >= 15 is 0 Å². The average Bonchev–Trinajstić information content (AvgIpc) is 2.31. The van der Waals surface area contributed by atoms with Crippen LogP contribution < -0.4 is 5.19 Å². The van der Waals surface area contributed by atoms with Crippen LogP contribution >= 0.6 is 0 Å². The van der Waals surface area contributed by atoms with Crippen molar-refractivity contribution >= 4 is 25.7 Å². The zero-order chi connectivity index (χ0) is 13.5. The fourth-order valence-corrected chi connectivity index (χ4v) is 2.57. The van der Waals surface area contributed by atoms with Crippen molar-refractivity contribution in [1.29, 1.82) is 0 Å². The standard InChI is InChI=1S/C14H16O3Si/c1-14(2,3)10-6-4-5-8-9(10)7-11(18-17)13(16)12(8)15/h4-7,15-17H,1-3H3. The van der Waals surface area contributed by atoms with Crippen molar-refractivity contribution in [3.63, 3.8) is 0 Å². The molecule has 0 bridgehead atoms. The molecule has 0 fully saturated rings. The first-order valence-corrected chi connectivity index (χ1v) is 6.69. The Bertz CT molecular complexity index is 600. The lowest BCUT2D eigenvalue weighted by Crippen LogP contribution is -2.16. The molecular formula is C14H16O3Si. The van der Waals surface area contributed by atoms with Crippen molar-refractivity contribution in [2.45, 2.75) is 26.2 Å². The first kappa shape index (κ1) is 12.9. The Labute approximate surface area is 109 Å². The number of fused-ring (bicyclic) bond motifs is 1. The van der Waals surface area contributed by atoms with E-state index in [0.29, 0.717) is 10.6 Å². The number of benzene rings is 2. The van der Waals surface area contributed by atoms with Gasteiger partial charge in [0.2, 0.25) is 0 Å². The fraction of sp³-hybridized carbons (Fsp3) is 0.286. The Morgan fingerprint density at radius 3 is 2.22 bits per heavy atom. The van der Waals surface area contributed by atoms with Gasteiger partial charge in [0.1, 0.15) is 0 Å². The summed E-state index contributed by atoms with van der Waals surface area (Å²) in [5.74, 6) is -0.385. The Hall–Kier alpha value is -1.52. The van der Waals surface area contributed by atoms with Crippen LogP contribution in [0.25, 0.3) is 10.8 Å². The predicted octanol–water partition coefficient (Wildman–Crippen LogP) is 1.79. The van der Waals surface area contributed by atoms with Crippen molar-refractivity contribution in [3.8, 4) is 11.5 Å². The van der Waals surface area contributed by atoms with Crippen molar-refractivity contribution in [2.24, 2.45) is 0 Å². The Morgan fingerprint density at radius 2 is 1.67 bits per heavy atom. The van der Waals surface area contributed by atoms with Gasteiger partial charge in [-0.15, -0.1) is 0 Å². The van der Waals surface area contributed by atoms with Crippen LogP contribution in [0, 0.1) is 0 Å². The fourth-order valence-electron chi connectivity index (χ4n) is 2.13. The smallest absolute Gasteiger partial charge is 0.269 e. The van der Waals surface area contributed by atoms with Gasteiger partial charge in [-0.1, -0.05) is 39.0 Å². The van der Waals surface area contributed by atoms with Gasteiger partial charge in [-0.05, 0) is 22.4 Å². The van der Waals surface area contributed by atoms with Gasteiger partial charge in [0.05, 0.1) is 0 Å². The van der Waals surface area contributed by atoms with E-state index in [4.69, 9.17) is 0 Å². The molecule has 2 aromatic rings. The zero-order valence-electron chi connectivity index (χ0n) is 10.7. The number of phenolic OH excluding ortho intramolecular Hbond substituents is 2. The third-order valence-electron chi connectivity index (χ3n) is 3.06. The van der Waals surface area contributed by atoms with E-state index in [1.54, 1.807) is 12.1 Å². The van der Waals surface area contributed by atoms with Crippen molar-refractivity contribution < 1.29 is 15.0 Å². The second kappa shape index (κ2) is 4.30. The number of aromatic hydroxyl groups is 2. The molecule has 0 saturated heterocycles. The predicted molar refractivity (Wildman–Crippen MR) is 73.6 cm³/mol. The third-order valence-corrected chi connectivity index (χ3v) is 3.68. The molecule has 2 rings (SSSR count). The highest BCUT2D eigenvalue weighted by Crippen LogP contribution is 2.37. The summed E-state index contributed by atoms with van der Waals surface area (Å²) >= 11 is 0. The second-order valence-electron chi connectivity index (χ2n) is 5.38. The molecule has 0 unspecified atom stereocenters. The Kier molecular flexibility index (Phi) is 3.08. The monoisotopic (exact) mass is 260 g/mol. The van der Waals surface area contributed by atoms with Crippen molar-refractivity contribution in [2.75, 3.05) is 0 Å². The first-order chi connectivity index (χ1) is 8.36. The molecule has 94 valence electrons. The van der Waals surface area contributed by atoms with E-state index < -0.39 is 9.76 Å². The molecule has 0 amide bonds. The molecule has 0 aliphatic rings. The normalized spacial score (nSPS) is 12.0. The van der Waals surface area contributed by atoms with E-state index in [-0.39, 0.29) is 16.9 Å². The summed E-state index contributed by atoms with van der Waals surface area (Å²) in [4.78, 5) is 9.25. The minimum absolute atomic E-state index is 0.0707. The summed E-state index contributed by atoms with van der Waals surface area (Å²) < 4.78 is 0. The molecule has 0 spiro atoms. The molecule has 18 heavy (non-hydrogen) atoms. The lowest BCUT2D eigenvalue weighted by molar-refractivity contribution is 0.410. The highest BCUT2D eigenvalue weighted by atomic mass is 28.2. The Balaban J connectivity index is 2.89. The number of hydrogen-bond donors (Lipinski definition) is 3. The summed E-state index contributed by atoms with van der Waals surface area (Å²) in [6.07, 6.45) is 0. The van der Waals surface area contributed by atoms with Gasteiger partial charge in [-0.3, -0.25) is 0 Å². The third kappa shape index (κ3) is 1.98. The van der Waals surface area contributed by atoms with Crippen LogP contribution in [0.4, 0.5) is 0 Å². The molecule has 0 atom stereocenters. The topological polar surface area (TPSA) is 60.7 Å². The summed E-state index contributed by atoms with van der Waals surface area (Å²) in [7, 11) is -0.542. The molecule has 0 aromatic heterocycles. The molecular weight excluding hydrogens is 244 g/mol. The SMILES string of the molecule is CC(C)(C)c1cccc2c(O)c(O)c([Si]O)cc12. The molecule has 4 heteroatoms. The number of rotatable bonds is 1. The first-order valence-electron chi connectivity index (χ1n) is 5.74. The molecule has 2 radical (unpaired) electrons. The molecule has 0 heterocycles. The lowest BCUT2D eigenvalue weighted by Gasteiger charge is -2.22. The van der Waals surface area contributed by atoms with E-state index in [1.165, 1.54) is 0 Å².